The van der Waals surface area contributed by atoms with Crippen LogP contribution >= 0.6 is 34.8 Å². The van der Waals surface area contributed by atoms with Gasteiger partial charge in [-0.1, -0.05) is 41.4 Å². The number of nitrogens with two attached hydrogens (primary N) is 1. The molecule has 1 aromatic rings. The first-order chi connectivity index (χ1) is 8.86. The van der Waals surface area contributed by atoms with Crippen LogP contribution in [-0.2, 0) is 4.79 Å². The van der Waals surface area contributed by atoms with Crippen molar-refractivity contribution in [2.24, 2.45) is 11.7 Å². The fraction of sp³-hybridized carbons (Fsp3) is 0.167. The smallest absolute Gasteiger partial charge is 0.193 e. The second-order valence-corrected chi connectivity index (χ2v) is 4.81. The Morgan fingerprint density at radius 3 is 2.47 bits per heavy atom. The molecule has 0 aliphatic heterocycles. The van der Waals surface area contributed by atoms with Crippen LogP contribution in [0.4, 0.5) is 0 Å². The molecule has 1 aromatic carbocycles. The van der Waals surface area contributed by atoms with E-state index in [4.69, 9.17) is 50.5 Å². The van der Waals surface area contributed by atoms with E-state index in [2.05, 4.69) is 6.58 Å². The molecular formula is C12H9Cl3N2O2. The number of hydrogen-bond donors (Lipinski definition) is 1. The summed E-state index contributed by atoms with van der Waals surface area (Å²) in [5.41, 5.74) is 5.30. The maximum absolute atomic E-state index is 11.7. The Morgan fingerprint density at radius 1 is 1.37 bits per heavy atom. The van der Waals surface area contributed by atoms with Crippen LogP contribution in [0.2, 0.25) is 15.1 Å². The molecule has 0 radical (unpaired) electrons. The van der Waals surface area contributed by atoms with Crippen molar-refractivity contribution in [2.75, 3.05) is 6.61 Å². The second-order valence-electron chi connectivity index (χ2n) is 3.59. The average Bonchev–Trinajstić information content (AvgIpc) is 2.32. The van der Waals surface area contributed by atoms with Crippen LogP contribution in [0.5, 0.6) is 5.75 Å². The van der Waals surface area contributed by atoms with E-state index >= 15 is 0 Å². The van der Waals surface area contributed by atoms with Crippen molar-refractivity contribution in [3.05, 3.63) is 39.5 Å². The number of ether oxygens (including phenoxy) is 1. The number of nitriles is 1. The van der Waals surface area contributed by atoms with E-state index in [1.165, 1.54) is 12.1 Å². The van der Waals surface area contributed by atoms with Gasteiger partial charge >= 0.3 is 0 Å². The van der Waals surface area contributed by atoms with Crippen molar-refractivity contribution in [2.45, 2.75) is 0 Å². The average molecular weight is 320 g/mol. The third-order valence-electron chi connectivity index (χ3n) is 2.17. The largest absolute Gasteiger partial charge is 0.484 e. The number of halogens is 3. The Kier molecular flexibility index (Phi) is 5.49. The van der Waals surface area contributed by atoms with Crippen LogP contribution in [0.3, 0.4) is 0 Å². The standard InChI is InChI=1S/C12H9Cl3N2O2/c1-6(17)7(4-16)11(18)5-19-12-3-9(14)8(13)2-10(12)15/h2-3,7H,1,5,17H2/t7-/m0/s1. The summed E-state index contributed by atoms with van der Waals surface area (Å²) in [6, 6.07) is 4.52. The Balaban J connectivity index is 2.78. The fourth-order valence-corrected chi connectivity index (χ4v) is 1.80. The van der Waals surface area contributed by atoms with Crippen molar-refractivity contribution in [1.29, 1.82) is 5.26 Å². The van der Waals surface area contributed by atoms with Gasteiger partial charge in [-0.3, -0.25) is 4.79 Å². The predicted octanol–water partition coefficient (Wildman–Crippen LogP) is 3.21. The van der Waals surface area contributed by atoms with Crippen LogP contribution in [0.25, 0.3) is 0 Å². The molecule has 0 aliphatic rings. The van der Waals surface area contributed by atoms with Crippen LogP contribution in [-0.4, -0.2) is 12.4 Å². The molecule has 0 unspecified atom stereocenters. The highest BCUT2D eigenvalue weighted by Gasteiger charge is 2.20. The molecule has 1 rings (SSSR count). The molecule has 7 heteroatoms. The Bertz CT molecular complexity index is 567. The number of carbonyl (C=O) groups excluding carboxylic acids is 1. The van der Waals surface area contributed by atoms with Gasteiger partial charge in [-0.05, 0) is 6.07 Å². The van der Waals surface area contributed by atoms with Crippen molar-refractivity contribution < 1.29 is 9.53 Å². The van der Waals surface area contributed by atoms with Gasteiger partial charge in [0.15, 0.2) is 5.78 Å². The summed E-state index contributed by atoms with van der Waals surface area (Å²) in [5, 5.41) is 9.50. The number of rotatable bonds is 5. The quantitative estimate of drug-likeness (QED) is 0.845. The molecule has 100 valence electrons. The molecule has 0 heterocycles. The first-order valence-corrected chi connectivity index (χ1v) is 6.14. The highest BCUT2D eigenvalue weighted by atomic mass is 35.5. The third-order valence-corrected chi connectivity index (χ3v) is 3.18. The number of ketones is 1. The lowest BCUT2D eigenvalue weighted by atomic mass is 10.0. The van der Waals surface area contributed by atoms with Crippen LogP contribution in [0, 0.1) is 17.2 Å². The molecule has 0 saturated carbocycles. The molecule has 0 saturated heterocycles. The zero-order valence-electron chi connectivity index (χ0n) is 9.62. The van der Waals surface area contributed by atoms with Gasteiger partial charge in [-0.15, -0.1) is 0 Å². The molecule has 0 spiro atoms. The third kappa shape index (κ3) is 4.03. The van der Waals surface area contributed by atoms with E-state index in [0.717, 1.165) is 0 Å². The van der Waals surface area contributed by atoms with E-state index in [9.17, 15) is 4.79 Å². The van der Waals surface area contributed by atoms with Gasteiger partial charge < -0.3 is 10.5 Å². The zero-order chi connectivity index (χ0) is 14.6. The Morgan fingerprint density at radius 2 is 1.95 bits per heavy atom. The van der Waals surface area contributed by atoms with Gasteiger partial charge in [0.2, 0.25) is 0 Å². The molecular weight excluding hydrogens is 311 g/mol. The van der Waals surface area contributed by atoms with Gasteiger partial charge in [-0.2, -0.15) is 5.26 Å². The minimum Gasteiger partial charge on any atom is -0.484 e. The molecule has 1 atom stereocenters. The fourth-order valence-electron chi connectivity index (χ4n) is 1.21. The Hall–Kier alpha value is -1.41. The summed E-state index contributed by atoms with van der Waals surface area (Å²) in [5.74, 6) is -1.43. The van der Waals surface area contributed by atoms with Crippen molar-refractivity contribution in [3.8, 4) is 11.8 Å². The van der Waals surface area contributed by atoms with Gasteiger partial charge in [0.25, 0.3) is 0 Å². The van der Waals surface area contributed by atoms with Gasteiger partial charge in [0, 0.05) is 11.8 Å². The van der Waals surface area contributed by atoms with E-state index in [1.807, 2.05) is 0 Å². The maximum atomic E-state index is 11.7. The van der Waals surface area contributed by atoms with Gasteiger partial charge in [0.1, 0.15) is 18.3 Å². The lowest BCUT2D eigenvalue weighted by molar-refractivity contribution is -0.122. The van der Waals surface area contributed by atoms with Crippen LogP contribution in [0.15, 0.2) is 24.4 Å². The lowest BCUT2D eigenvalue weighted by Crippen LogP contribution is -2.24. The summed E-state index contributed by atoms with van der Waals surface area (Å²) in [6.07, 6.45) is 0. The summed E-state index contributed by atoms with van der Waals surface area (Å²) in [6.45, 7) is 2.99. The molecule has 4 nitrogen and oxygen atoms in total. The lowest BCUT2D eigenvalue weighted by Gasteiger charge is -2.11. The van der Waals surface area contributed by atoms with Crippen molar-refractivity contribution >= 4 is 40.6 Å². The normalized spacial score (nSPS) is 11.5. The minimum atomic E-state index is -1.11. The Labute approximate surface area is 125 Å². The highest BCUT2D eigenvalue weighted by molar-refractivity contribution is 6.43. The molecule has 2 N–H and O–H groups in total. The van der Waals surface area contributed by atoms with E-state index in [0.29, 0.717) is 0 Å². The van der Waals surface area contributed by atoms with E-state index in [-0.39, 0.29) is 33.1 Å². The number of carbonyl (C=O) groups is 1. The first kappa shape index (κ1) is 15.6. The number of nitrogens with zero attached hydrogens (tertiary/aromatic N) is 1. The van der Waals surface area contributed by atoms with E-state index in [1.54, 1.807) is 6.07 Å². The maximum Gasteiger partial charge on any atom is 0.193 e. The summed E-state index contributed by atoms with van der Waals surface area (Å²) < 4.78 is 5.20. The summed E-state index contributed by atoms with van der Waals surface area (Å²) in [4.78, 5) is 11.7. The monoisotopic (exact) mass is 318 g/mol. The highest BCUT2D eigenvalue weighted by Crippen LogP contribution is 2.33. The SMILES string of the molecule is C=C(N)[C@H](C#N)C(=O)COc1cc(Cl)c(Cl)cc1Cl. The number of benzene rings is 1. The minimum absolute atomic E-state index is 0.0312. The molecule has 0 fully saturated rings. The number of Topliss-reactive ketones (excluding diaryl/α,β-unsaturated/α-hetero) is 1. The van der Waals surface area contributed by atoms with Crippen LogP contribution in [0.1, 0.15) is 0 Å². The summed E-state index contributed by atoms with van der Waals surface area (Å²) in [7, 11) is 0. The van der Waals surface area contributed by atoms with Crippen molar-refractivity contribution in [3.63, 3.8) is 0 Å². The first-order valence-electron chi connectivity index (χ1n) is 5.00. The summed E-state index contributed by atoms with van der Waals surface area (Å²) >= 11 is 17.4. The topological polar surface area (TPSA) is 76.1 Å². The van der Waals surface area contributed by atoms with E-state index < -0.39 is 11.7 Å². The van der Waals surface area contributed by atoms with Gasteiger partial charge in [0.05, 0.1) is 21.1 Å². The molecule has 0 aromatic heterocycles. The predicted molar refractivity (Wildman–Crippen MR) is 74.4 cm³/mol. The number of hydrogen-bond acceptors (Lipinski definition) is 4. The zero-order valence-corrected chi connectivity index (χ0v) is 11.9. The number of allylic oxidation sites excluding steroid dienone is 1. The molecule has 0 amide bonds. The van der Waals surface area contributed by atoms with Crippen LogP contribution < -0.4 is 10.5 Å². The molecule has 19 heavy (non-hydrogen) atoms. The van der Waals surface area contributed by atoms with Crippen molar-refractivity contribution in [1.82, 2.24) is 0 Å². The molecule has 0 bridgehead atoms. The second kappa shape index (κ2) is 6.67. The molecule has 0 aliphatic carbocycles. The van der Waals surface area contributed by atoms with Gasteiger partial charge in [-0.25, -0.2) is 0 Å².